The van der Waals surface area contributed by atoms with E-state index in [4.69, 9.17) is 14.2 Å². The number of aromatic amines is 1. The SMILES string of the molecule is COc1ccc2cc1OCC(=O)NCc1ccc(cc1)O[C@H]1CN(Cc3cc(CC(C)C)n[nH]3)C[C@@H]1NC2=O. The zero-order valence-corrected chi connectivity index (χ0v) is 22.5. The monoisotopic (exact) mass is 533 g/mol. The van der Waals surface area contributed by atoms with E-state index in [2.05, 4.69) is 45.6 Å². The molecule has 1 fully saturated rings. The number of methoxy groups -OCH3 is 1. The van der Waals surface area contributed by atoms with Crippen LogP contribution in [0.1, 0.15) is 41.2 Å². The third-order valence-corrected chi connectivity index (χ3v) is 6.84. The number of carbonyl (C=O) groups excluding carboxylic acids is 2. The second-order valence-electron chi connectivity index (χ2n) is 10.5. The Balaban J connectivity index is 1.38. The van der Waals surface area contributed by atoms with Gasteiger partial charge in [-0.25, -0.2) is 0 Å². The second-order valence-corrected chi connectivity index (χ2v) is 10.5. The first kappa shape index (κ1) is 26.6. The van der Waals surface area contributed by atoms with Crippen molar-refractivity contribution < 1.29 is 23.8 Å². The van der Waals surface area contributed by atoms with Crippen LogP contribution in [-0.2, 0) is 24.3 Å². The average Bonchev–Trinajstić information content (AvgIpc) is 3.51. The molecule has 10 heteroatoms. The highest BCUT2D eigenvalue weighted by molar-refractivity contribution is 5.95. The molecule has 0 unspecified atom stereocenters. The van der Waals surface area contributed by atoms with Gasteiger partial charge < -0.3 is 24.8 Å². The Morgan fingerprint density at radius 2 is 1.92 bits per heavy atom. The number of hydrogen-bond acceptors (Lipinski definition) is 7. The normalized spacial score (nSPS) is 20.0. The van der Waals surface area contributed by atoms with Crippen molar-refractivity contribution in [2.45, 2.75) is 45.5 Å². The van der Waals surface area contributed by atoms with Crippen molar-refractivity contribution in [1.82, 2.24) is 25.7 Å². The van der Waals surface area contributed by atoms with Crippen molar-refractivity contribution in [3.8, 4) is 17.2 Å². The summed E-state index contributed by atoms with van der Waals surface area (Å²) in [6, 6.07) is 14.4. The molecule has 4 bridgehead atoms. The minimum atomic E-state index is -0.278. The second kappa shape index (κ2) is 11.8. The first-order chi connectivity index (χ1) is 18.9. The third kappa shape index (κ3) is 6.69. The van der Waals surface area contributed by atoms with Crippen molar-refractivity contribution in [1.29, 1.82) is 0 Å². The minimum Gasteiger partial charge on any atom is -0.493 e. The molecule has 39 heavy (non-hydrogen) atoms. The van der Waals surface area contributed by atoms with Crippen molar-refractivity contribution in [2.24, 2.45) is 5.92 Å². The summed E-state index contributed by atoms with van der Waals surface area (Å²) in [6.07, 6.45) is 0.663. The van der Waals surface area contributed by atoms with Crippen molar-refractivity contribution in [3.05, 3.63) is 71.0 Å². The van der Waals surface area contributed by atoms with Gasteiger partial charge in [0.15, 0.2) is 18.1 Å². The number of hydrogen-bond donors (Lipinski definition) is 3. The highest BCUT2D eigenvalue weighted by Gasteiger charge is 2.36. The molecule has 3 N–H and O–H groups in total. The summed E-state index contributed by atoms with van der Waals surface area (Å²) >= 11 is 0. The molecular formula is C29H35N5O5. The lowest BCUT2D eigenvalue weighted by Gasteiger charge is -2.21. The largest absolute Gasteiger partial charge is 0.493 e. The summed E-state index contributed by atoms with van der Waals surface area (Å²) in [5.74, 6) is 1.47. The fraction of sp³-hybridized carbons (Fsp3) is 0.414. The maximum atomic E-state index is 13.3. The number of carbonyl (C=O) groups is 2. The molecule has 2 amide bonds. The Morgan fingerprint density at radius 1 is 1.10 bits per heavy atom. The summed E-state index contributed by atoms with van der Waals surface area (Å²) in [7, 11) is 1.52. The predicted octanol–water partition coefficient (Wildman–Crippen LogP) is 2.69. The number of rotatable bonds is 5. The van der Waals surface area contributed by atoms with Crippen LogP contribution in [0.25, 0.3) is 0 Å². The van der Waals surface area contributed by atoms with Crippen LogP contribution in [0.5, 0.6) is 17.2 Å². The lowest BCUT2D eigenvalue weighted by molar-refractivity contribution is -0.123. The van der Waals surface area contributed by atoms with Crippen LogP contribution in [0.2, 0.25) is 0 Å². The number of likely N-dealkylation sites (tertiary alicyclic amines) is 1. The maximum Gasteiger partial charge on any atom is 0.258 e. The van der Waals surface area contributed by atoms with Gasteiger partial charge >= 0.3 is 0 Å². The molecule has 2 aromatic carbocycles. The van der Waals surface area contributed by atoms with Gasteiger partial charge in [-0.1, -0.05) is 26.0 Å². The molecule has 206 valence electrons. The molecular weight excluding hydrogens is 498 g/mol. The molecule has 3 aliphatic rings. The van der Waals surface area contributed by atoms with Gasteiger partial charge in [0.05, 0.1) is 18.8 Å². The minimum absolute atomic E-state index is 0.200. The molecule has 3 aromatic rings. The van der Waals surface area contributed by atoms with Crippen LogP contribution in [0.15, 0.2) is 48.5 Å². The molecule has 10 nitrogen and oxygen atoms in total. The topological polar surface area (TPSA) is 118 Å². The summed E-state index contributed by atoms with van der Waals surface area (Å²) in [4.78, 5) is 28.0. The zero-order chi connectivity index (χ0) is 27.4. The smallest absolute Gasteiger partial charge is 0.258 e. The van der Waals surface area contributed by atoms with E-state index in [1.54, 1.807) is 18.2 Å². The van der Waals surface area contributed by atoms with Crippen LogP contribution in [0.3, 0.4) is 0 Å². The first-order valence-electron chi connectivity index (χ1n) is 13.3. The fourth-order valence-corrected chi connectivity index (χ4v) is 4.93. The number of nitrogens with zero attached hydrogens (tertiary/aromatic N) is 2. The number of fused-ring (bicyclic) bond motifs is 7. The van der Waals surface area contributed by atoms with E-state index in [1.807, 2.05) is 24.3 Å². The van der Waals surface area contributed by atoms with Gasteiger partial charge in [0, 0.05) is 37.4 Å². The standard InChI is InChI=1S/C29H35N5O5/c1-18(2)10-21-12-22(33-32-21)14-34-15-24-27(16-34)39-23-7-4-19(5-8-23)13-30-28(35)17-38-26-11-20(29(36)31-24)6-9-25(26)37-3/h4-9,11-12,18,24,27H,10,13-17H2,1-3H3,(H,30,35)(H,31,36)(H,32,33)/t24-,27-/m0/s1. The number of benzene rings is 2. The van der Waals surface area contributed by atoms with Crippen LogP contribution in [-0.4, -0.2) is 65.9 Å². The van der Waals surface area contributed by atoms with Gasteiger partial charge in [-0.15, -0.1) is 0 Å². The van der Waals surface area contributed by atoms with Crippen LogP contribution in [0, 0.1) is 5.92 Å². The van der Waals surface area contributed by atoms with E-state index in [0.29, 0.717) is 54.9 Å². The highest BCUT2D eigenvalue weighted by atomic mass is 16.5. The van der Waals surface area contributed by atoms with Crippen molar-refractivity contribution in [2.75, 3.05) is 26.8 Å². The molecule has 6 rings (SSSR count). The quantitative estimate of drug-likeness (QED) is 0.462. The number of nitrogens with one attached hydrogen (secondary N) is 3. The summed E-state index contributed by atoms with van der Waals surface area (Å²) in [6.45, 7) is 6.45. The molecule has 4 heterocycles. The van der Waals surface area contributed by atoms with E-state index in [9.17, 15) is 9.59 Å². The lowest BCUT2D eigenvalue weighted by Crippen LogP contribution is -2.45. The Labute approximate surface area is 228 Å². The maximum absolute atomic E-state index is 13.3. The molecule has 0 aliphatic carbocycles. The molecule has 2 atom stereocenters. The van der Waals surface area contributed by atoms with Crippen molar-refractivity contribution in [3.63, 3.8) is 0 Å². The predicted molar refractivity (Wildman–Crippen MR) is 145 cm³/mol. The number of amides is 2. The van der Waals surface area contributed by atoms with Gasteiger partial charge in [0.1, 0.15) is 11.9 Å². The van der Waals surface area contributed by atoms with E-state index in [0.717, 1.165) is 23.4 Å². The Hall–Kier alpha value is -4.05. The van der Waals surface area contributed by atoms with E-state index >= 15 is 0 Å². The lowest BCUT2D eigenvalue weighted by atomic mass is 10.1. The molecule has 1 saturated heterocycles. The van der Waals surface area contributed by atoms with Gasteiger partial charge in [-0.3, -0.25) is 19.6 Å². The average molecular weight is 534 g/mol. The van der Waals surface area contributed by atoms with Gasteiger partial charge in [-0.05, 0) is 54.3 Å². The summed E-state index contributed by atoms with van der Waals surface area (Å²) in [5, 5.41) is 13.6. The molecule has 0 spiro atoms. The third-order valence-electron chi connectivity index (χ3n) is 6.84. The molecule has 0 saturated carbocycles. The number of H-pyrrole nitrogens is 1. The Bertz CT molecular complexity index is 1310. The summed E-state index contributed by atoms with van der Waals surface area (Å²) < 4.78 is 17.5. The van der Waals surface area contributed by atoms with Crippen LogP contribution < -0.4 is 24.8 Å². The zero-order valence-electron chi connectivity index (χ0n) is 22.5. The highest BCUT2D eigenvalue weighted by Crippen LogP contribution is 2.29. The van der Waals surface area contributed by atoms with Gasteiger partial charge in [0.25, 0.3) is 11.8 Å². The fourth-order valence-electron chi connectivity index (χ4n) is 4.93. The van der Waals surface area contributed by atoms with E-state index < -0.39 is 0 Å². The number of aromatic nitrogens is 2. The molecule has 1 aromatic heterocycles. The van der Waals surface area contributed by atoms with Gasteiger partial charge in [0.2, 0.25) is 0 Å². The first-order valence-corrected chi connectivity index (χ1v) is 13.3. The summed E-state index contributed by atoms with van der Waals surface area (Å²) in [5.41, 5.74) is 3.44. The van der Waals surface area contributed by atoms with E-state index in [-0.39, 0.29) is 30.6 Å². The number of ether oxygens (including phenoxy) is 3. The van der Waals surface area contributed by atoms with Gasteiger partial charge in [-0.2, -0.15) is 5.10 Å². The van der Waals surface area contributed by atoms with Crippen LogP contribution in [0.4, 0.5) is 0 Å². The van der Waals surface area contributed by atoms with Crippen molar-refractivity contribution >= 4 is 11.8 Å². The van der Waals surface area contributed by atoms with E-state index in [1.165, 1.54) is 7.11 Å². The Morgan fingerprint density at radius 3 is 2.69 bits per heavy atom. The molecule has 0 radical (unpaired) electrons. The van der Waals surface area contributed by atoms with Crippen LogP contribution >= 0.6 is 0 Å². The molecule has 3 aliphatic heterocycles. The Kier molecular flexibility index (Phi) is 8.02.